The largest absolute Gasteiger partial charge is 0.368 e. The second kappa shape index (κ2) is 6.47. The minimum Gasteiger partial charge on any atom is -0.368 e. The van der Waals surface area contributed by atoms with Crippen LogP contribution in [0.1, 0.15) is 23.8 Å². The van der Waals surface area contributed by atoms with Crippen LogP contribution in [0.3, 0.4) is 0 Å². The molecule has 1 aromatic heterocycles. The number of aromatic nitrogens is 2. The van der Waals surface area contributed by atoms with Gasteiger partial charge in [-0.15, -0.1) is 10.2 Å². The molecule has 1 fully saturated rings. The van der Waals surface area contributed by atoms with Gasteiger partial charge in [0.25, 0.3) is 5.91 Å². The molecule has 0 spiro atoms. The van der Waals surface area contributed by atoms with Gasteiger partial charge in [-0.1, -0.05) is 6.92 Å². The van der Waals surface area contributed by atoms with E-state index < -0.39 is 0 Å². The van der Waals surface area contributed by atoms with Crippen molar-refractivity contribution < 1.29 is 4.79 Å². The van der Waals surface area contributed by atoms with Crippen molar-refractivity contribution in [1.29, 1.82) is 0 Å². The molecular formula is C13H21N5O. The lowest BCUT2D eigenvalue weighted by Gasteiger charge is -2.13. The molecule has 1 unspecified atom stereocenters. The quantitative estimate of drug-likeness (QED) is 0.813. The average molecular weight is 263 g/mol. The Morgan fingerprint density at radius 1 is 1.47 bits per heavy atom. The summed E-state index contributed by atoms with van der Waals surface area (Å²) in [7, 11) is 1.58. The second-order valence-corrected chi connectivity index (χ2v) is 4.81. The summed E-state index contributed by atoms with van der Waals surface area (Å²) in [6.07, 6.45) is 1.23. The summed E-state index contributed by atoms with van der Waals surface area (Å²) in [4.78, 5) is 13.8. The lowest BCUT2D eigenvalue weighted by atomic mass is 10.1. The number of hydrogen-bond acceptors (Lipinski definition) is 5. The van der Waals surface area contributed by atoms with E-state index in [-0.39, 0.29) is 5.91 Å². The van der Waals surface area contributed by atoms with E-state index in [2.05, 4.69) is 32.7 Å². The topological polar surface area (TPSA) is 70.2 Å². The second-order valence-electron chi connectivity index (χ2n) is 4.81. The molecule has 6 nitrogen and oxygen atoms in total. The van der Waals surface area contributed by atoms with Crippen LogP contribution in [0.4, 0.5) is 5.82 Å². The maximum absolute atomic E-state index is 11.3. The molecule has 2 N–H and O–H groups in total. The van der Waals surface area contributed by atoms with Crippen LogP contribution in [-0.4, -0.2) is 54.2 Å². The molecule has 1 aliphatic rings. The van der Waals surface area contributed by atoms with Gasteiger partial charge >= 0.3 is 0 Å². The van der Waals surface area contributed by atoms with Crippen molar-refractivity contribution in [3.8, 4) is 0 Å². The first-order valence-electron chi connectivity index (χ1n) is 6.75. The average Bonchev–Trinajstić information content (AvgIpc) is 2.93. The minimum atomic E-state index is -0.214. The van der Waals surface area contributed by atoms with Crippen molar-refractivity contribution >= 4 is 11.7 Å². The molecule has 0 aromatic carbocycles. The zero-order chi connectivity index (χ0) is 13.7. The first-order valence-corrected chi connectivity index (χ1v) is 6.75. The van der Waals surface area contributed by atoms with Crippen molar-refractivity contribution in [3.05, 3.63) is 17.8 Å². The Bertz CT molecular complexity index is 420. The molecule has 1 atom stereocenters. The van der Waals surface area contributed by atoms with E-state index in [1.807, 2.05) is 0 Å². The van der Waals surface area contributed by atoms with Gasteiger partial charge in [-0.2, -0.15) is 0 Å². The summed E-state index contributed by atoms with van der Waals surface area (Å²) >= 11 is 0. The smallest absolute Gasteiger partial charge is 0.271 e. The third kappa shape index (κ3) is 3.64. The first-order chi connectivity index (χ1) is 9.22. The Kier molecular flexibility index (Phi) is 4.68. The molecular weight excluding hydrogens is 242 g/mol. The molecule has 1 aliphatic heterocycles. The third-order valence-electron chi connectivity index (χ3n) is 3.51. The van der Waals surface area contributed by atoms with Crippen LogP contribution in [-0.2, 0) is 0 Å². The number of carbonyl (C=O) groups is 1. The Balaban J connectivity index is 1.82. The Morgan fingerprint density at radius 2 is 2.32 bits per heavy atom. The standard InChI is InChI=1S/C13H21N5O/c1-3-18-7-6-10(9-18)8-15-12-5-4-11(16-17-12)13(19)14-2/h4-5,10H,3,6-9H2,1-2H3,(H,14,19)(H,15,17). The van der Waals surface area contributed by atoms with E-state index in [1.165, 1.54) is 13.0 Å². The molecule has 0 aliphatic carbocycles. The maximum atomic E-state index is 11.3. The van der Waals surface area contributed by atoms with Crippen LogP contribution in [0.5, 0.6) is 0 Å². The molecule has 1 saturated heterocycles. The van der Waals surface area contributed by atoms with Crippen LogP contribution in [0, 0.1) is 5.92 Å². The third-order valence-corrected chi connectivity index (χ3v) is 3.51. The number of amides is 1. The Hall–Kier alpha value is -1.69. The van der Waals surface area contributed by atoms with Gasteiger partial charge in [0.05, 0.1) is 0 Å². The zero-order valence-corrected chi connectivity index (χ0v) is 11.5. The van der Waals surface area contributed by atoms with Gasteiger partial charge < -0.3 is 15.5 Å². The van der Waals surface area contributed by atoms with Crippen molar-refractivity contribution in [2.24, 2.45) is 5.92 Å². The number of nitrogens with one attached hydrogen (secondary N) is 2. The van der Waals surface area contributed by atoms with E-state index in [1.54, 1.807) is 19.2 Å². The monoisotopic (exact) mass is 263 g/mol. The molecule has 0 radical (unpaired) electrons. The van der Waals surface area contributed by atoms with E-state index in [0.717, 1.165) is 25.5 Å². The lowest BCUT2D eigenvalue weighted by Crippen LogP contribution is -2.23. The highest BCUT2D eigenvalue weighted by atomic mass is 16.1. The van der Waals surface area contributed by atoms with E-state index >= 15 is 0 Å². The Morgan fingerprint density at radius 3 is 2.89 bits per heavy atom. The van der Waals surface area contributed by atoms with Gasteiger partial charge in [0.15, 0.2) is 5.69 Å². The van der Waals surface area contributed by atoms with Crippen molar-refractivity contribution in [3.63, 3.8) is 0 Å². The molecule has 2 rings (SSSR count). The fraction of sp³-hybridized carbons (Fsp3) is 0.615. The molecule has 6 heteroatoms. The van der Waals surface area contributed by atoms with Gasteiger partial charge in [-0.25, -0.2) is 0 Å². The fourth-order valence-corrected chi connectivity index (χ4v) is 2.29. The van der Waals surface area contributed by atoms with Gasteiger partial charge in [0, 0.05) is 20.1 Å². The van der Waals surface area contributed by atoms with Crippen LogP contribution >= 0.6 is 0 Å². The zero-order valence-electron chi connectivity index (χ0n) is 11.5. The van der Waals surface area contributed by atoms with Crippen molar-refractivity contribution in [2.75, 3.05) is 38.5 Å². The number of anilines is 1. The fourth-order valence-electron chi connectivity index (χ4n) is 2.29. The van der Waals surface area contributed by atoms with Gasteiger partial charge in [-0.05, 0) is 37.6 Å². The lowest BCUT2D eigenvalue weighted by molar-refractivity contribution is 0.0957. The molecule has 19 heavy (non-hydrogen) atoms. The summed E-state index contributed by atoms with van der Waals surface area (Å²) < 4.78 is 0. The first kappa shape index (κ1) is 13.7. The van der Waals surface area contributed by atoms with Gasteiger partial charge in [0.2, 0.25) is 0 Å². The molecule has 2 heterocycles. The summed E-state index contributed by atoms with van der Waals surface area (Å²) in [5, 5.41) is 13.7. The van der Waals surface area contributed by atoms with Gasteiger partial charge in [0.1, 0.15) is 5.82 Å². The van der Waals surface area contributed by atoms with E-state index in [0.29, 0.717) is 11.6 Å². The molecule has 0 bridgehead atoms. The number of hydrogen-bond donors (Lipinski definition) is 2. The summed E-state index contributed by atoms with van der Waals surface area (Å²) in [6, 6.07) is 3.48. The molecule has 1 aromatic rings. The van der Waals surface area contributed by atoms with Gasteiger partial charge in [-0.3, -0.25) is 4.79 Å². The van der Waals surface area contributed by atoms with Crippen molar-refractivity contribution in [2.45, 2.75) is 13.3 Å². The minimum absolute atomic E-state index is 0.214. The summed E-state index contributed by atoms with van der Waals surface area (Å²) in [5.41, 5.74) is 0.339. The highest BCUT2D eigenvalue weighted by Gasteiger charge is 2.20. The molecule has 1 amide bonds. The van der Waals surface area contributed by atoms with Crippen LogP contribution in [0.15, 0.2) is 12.1 Å². The van der Waals surface area contributed by atoms with Crippen LogP contribution < -0.4 is 10.6 Å². The number of rotatable bonds is 5. The number of carbonyl (C=O) groups excluding carboxylic acids is 1. The highest BCUT2D eigenvalue weighted by molar-refractivity contribution is 5.91. The SMILES string of the molecule is CCN1CCC(CNc2ccc(C(=O)NC)nn2)C1. The summed E-state index contributed by atoms with van der Waals surface area (Å²) in [6.45, 7) is 6.55. The van der Waals surface area contributed by atoms with Crippen LogP contribution in [0.25, 0.3) is 0 Å². The van der Waals surface area contributed by atoms with E-state index in [4.69, 9.17) is 0 Å². The van der Waals surface area contributed by atoms with Crippen LogP contribution in [0.2, 0.25) is 0 Å². The Labute approximate surface area is 113 Å². The maximum Gasteiger partial charge on any atom is 0.271 e. The normalized spacial score (nSPS) is 19.4. The highest BCUT2D eigenvalue weighted by Crippen LogP contribution is 2.16. The number of nitrogens with zero attached hydrogens (tertiary/aromatic N) is 3. The molecule has 104 valence electrons. The summed E-state index contributed by atoms with van der Waals surface area (Å²) in [5.74, 6) is 1.18. The molecule has 0 saturated carbocycles. The van der Waals surface area contributed by atoms with Crippen molar-refractivity contribution in [1.82, 2.24) is 20.4 Å². The predicted molar refractivity (Wildman–Crippen MR) is 74.1 cm³/mol. The number of likely N-dealkylation sites (tertiary alicyclic amines) is 1. The van der Waals surface area contributed by atoms with E-state index in [9.17, 15) is 4.79 Å². The predicted octanol–water partition coefficient (Wildman–Crippen LogP) is 0.590.